The van der Waals surface area contributed by atoms with Crippen LogP contribution < -0.4 is 10.1 Å². The number of carbonyl (C=O) groups excluding carboxylic acids is 2. The number of nitrogens with zero attached hydrogens (tertiary/aromatic N) is 1. The average Bonchev–Trinajstić information content (AvgIpc) is 3.27. The first-order valence-electron chi connectivity index (χ1n) is 12.0. The Balaban J connectivity index is 1.47. The number of H-pyrrole nitrogens is 1. The Kier molecular flexibility index (Phi) is 7.51. The van der Waals surface area contributed by atoms with Crippen molar-refractivity contribution in [2.24, 2.45) is 0 Å². The lowest BCUT2D eigenvalue weighted by Crippen LogP contribution is -2.30. The molecule has 0 spiro atoms. The zero-order chi connectivity index (χ0) is 24.8. The van der Waals surface area contributed by atoms with E-state index in [9.17, 15) is 9.59 Å². The Labute approximate surface area is 205 Å². The van der Waals surface area contributed by atoms with Crippen molar-refractivity contribution in [3.8, 4) is 17.0 Å². The molecule has 0 atom stereocenters. The number of ether oxygens (including phenoxy) is 1. The van der Waals surface area contributed by atoms with E-state index >= 15 is 0 Å². The quantitative estimate of drug-likeness (QED) is 0.321. The molecule has 0 aliphatic rings. The lowest BCUT2D eigenvalue weighted by molar-refractivity contribution is -0.116. The number of aryl methyl sites for hydroxylation is 1. The Morgan fingerprint density at radius 3 is 2.26 bits per heavy atom. The molecule has 4 rings (SSSR count). The van der Waals surface area contributed by atoms with Crippen LogP contribution in [0.3, 0.4) is 0 Å². The molecule has 0 radical (unpaired) electrons. The highest BCUT2D eigenvalue weighted by molar-refractivity contribution is 5.96. The van der Waals surface area contributed by atoms with E-state index in [0.29, 0.717) is 37.2 Å². The molecule has 35 heavy (non-hydrogen) atoms. The molecule has 0 saturated heterocycles. The lowest BCUT2D eigenvalue weighted by Gasteiger charge is -2.18. The summed E-state index contributed by atoms with van der Waals surface area (Å²) < 4.78 is 5.29. The summed E-state index contributed by atoms with van der Waals surface area (Å²) in [6.07, 6.45) is 0.931. The van der Waals surface area contributed by atoms with Gasteiger partial charge in [0, 0.05) is 47.4 Å². The van der Waals surface area contributed by atoms with E-state index in [1.54, 1.807) is 36.3 Å². The summed E-state index contributed by atoms with van der Waals surface area (Å²) in [6.45, 7) is 5.26. The first kappa shape index (κ1) is 24.1. The van der Waals surface area contributed by atoms with Gasteiger partial charge in [-0.2, -0.15) is 0 Å². The monoisotopic (exact) mass is 469 g/mol. The van der Waals surface area contributed by atoms with Crippen molar-refractivity contribution in [3.63, 3.8) is 0 Å². The third kappa shape index (κ3) is 5.38. The molecule has 4 aromatic rings. The molecule has 2 N–H and O–H groups in total. The van der Waals surface area contributed by atoms with Crippen LogP contribution in [0.1, 0.15) is 36.2 Å². The molecular weight excluding hydrogens is 438 g/mol. The second-order valence-electron chi connectivity index (χ2n) is 8.36. The van der Waals surface area contributed by atoms with Crippen molar-refractivity contribution < 1.29 is 14.3 Å². The highest BCUT2D eigenvalue weighted by Gasteiger charge is 2.16. The highest BCUT2D eigenvalue weighted by atomic mass is 16.5. The van der Waals surface area contributed by atoms with Crippen LogP contribution >= 0.6 is 0 Å². The number of carbonyl (C=O) groups is 2. The topological polar surface area (TPSA) is 74.4 Å². The number of methoxy groups -OCH3 is 1. The van der Waals surface area contributed by atoms with E-state index in [1.807, 2.05) is 56.3 Å². The van der Waals surface area contributed by atoms with Crippen LogP contribution in [0.2, 0.25) is 0 Å². The number of hydrogen-bond acceptors (Lipinski definition) is 3. The minimum Gasteiger partial charge on any atom is -0.497 e. The molecule has 6 nitrogen and oxygen atoms in total. The first-order valence-corrected chi connectivity index (χ1v) is 12.0. The molecule has 0 aliphatic heterocycles. The number of benzene rings is 3. The Hall–Kier alpha value is -4.06. The van der Waals surface area contributed by atoms with Gasteiger partial charge in [-0.15, -0.1) is 0 Å². The molecule has 1 aromatic heterocycles. The molecule has 3 aromatic carbocycles. The maximum atomic E-state index is 12.8. The van der Waals surface area contributed by atoms with Crippen LogP contribution in [0.15, 0.2) is 72.8 Å². The van der Waals surface area contributed by atoms with Gasteiger partial charge in [-0.1, -0.05) is 18.2 Å². The summed E-state index contributed by atoms with van der Waals surface area (Å²) in [6, 6.07) is 23.1. The predicted molar refractivity (Wildman–Crippen MR) is 141 cm³/mol. The molecule has 0 aliphatic carbocycles. The molecule has 6 heteroatoms. The molecule has 180 valence electrons. The third-order valence-corrected chi connectivity index (χ3v) is 6.26. The number of amides is 2. The van der Waals surface area contributed by atoms with Gasteiger partial charge in [0.15, 0.2) is 0 Å². The number of aromatic amines is 1. The number of rotatable bonds is 9. The number of hydrogen-bond donors (Lipinski definition) is 2. The zero-order valence-electron chi connectivity index (χ0n) is 20.4. The van der Waals surface area contributed by atoms with E-state index in [-0.39, 0.29) is 11.8 Å². The van der Waals surface area contributed by atoms with Crippen LogP contribution in [0, 0.1) is 0 Å². The molecule has 0 fully saturated rings. The van der Waals surface area contributed by atoms with E-state index < -0.39 is 0 Å². The SMILES string of the molecule is CCN(CC)C(=O)c1ccc(NC(=O)CCc2c(-c3ccc(OC)cc3)[nH]c3ccccc23)cc1. The van der Waals surface area contributed by atoms with Crippen LogP contribution in [0.5, 0.6) is 5.75 Å². The second-order valence-corrected chi connectivity index (χ2v) is 8.36. The van der Waals surface area contributed by atoms with E-state index in [0.717, 1.165) is 33.5 Å². The van der Waals surface area contributed by atoms with Crippen molar-refractivity contribution in [2.75, 3.05) is 25.5 Å². The maximum absolute atomic E-state index is 12.8. The average molecular weight is 470 g/mol. The fourth-order valence-corrected chi connectivity index (χ4v) is 4.32. The van der Waals surface area contributed by atoms with Gasteiger partial charge in [-0.05, 0) is 86.0 Å². The normalized spacial score (nSPS) is 10.8. The van der Waals surface area contributed by atoms with Crippen molar-refractivity contribution in [1.29, 1.82) is 0 Å². The number of fused-ring (bicyclic) bond motifs is 1. The van der Waals surface area contributed by atoms with Crippen molar-refractivity contribution >= 4 is 28.4 Å². The van der Waals surface area contributed by atoms with Crippen molar-refractivity contribution in [3.05, 3.63) is 83.9 Å². The van der Waals surface area contributed by atoms with Gasteiger partial charge in [0.05, 0.1) is 7.11 Å². The van der Waals surface area contributed by atoms with E-state index in [1.165, 1.54) is 0 Å². The van der Waals surface area contributed by atoms with Gasteiger partial charge in [0.1, 0.15) is 5.75 Å². The number of aromatic nitrogens is 1. The fourth-order valence-electron chi connectivity index (χ4n) is 4.32. The summed E-state index contributed by atoms with van der Waals surface area (Å²) >= 11 is 0. The Morgan fingerprint density at radius 1 is 0.914 bits per heavy atom. The summed E-state index contributed by atoms with van der Waals surface area (Å²) in [4.78, 5) is 30.6. The van der Waals surface area contributed by atoms with Gasteiger partial charge in [0.2, 0.25) is 5.91 Å². The minimum absolute atomic E-state index is 0.00160. The highest BCUT2D eigenvalue weighted by Crippen LogP contribution is 2.32. The molecule has 0 unspecified atom stereocenters. The van der Waals surface area contributed by atoms with Crippen LogP contribution in [0.4, 0.5) is 5.69 Å². The summed E-state index contributed by atoms with van der Waals surface area (Å²) in [7, 11) is 1.65. The first-order chi connectivity index (χ1) is 17.0. The van der Waals surface area contributed by atoms with Gasteiger partial charge >= 0.3 is 0 Å². The lowest BCUT2D eigenvalue weighted by atomic mass is 10.0. The van der Waals surface area contributed by atoms with E-state index in [2.05, 4.69) is 16.4 Å². The van der Waals surface area contributed by atoms with E-state index in [4.69, 9.17) is 4.74 Å². The number of nitrogens with one attached hydrogen (secondary N) is 2. The second kappa shape index (κ2) is 10.9. The van der Waals surface area contributed by atoms with Gasteiger partial charge in [-0.25, -0.2) is 0 Å². The van der Waals surface area contributed by atoms with Crippen LogP contribution in [0.25, 0.3) is 22.2 Å². The van der Waals surface area contributed by atoms with Crippen molar-refractivity contribution in [1.82, 2.24) is 9.88 Å². The smallest absolute Gasteiger partial charge is 0.253 e. The Morgan fingerprint density at radius 2 is 1.60 bits per heavy atom. The molecular formula is C29H31N3O3. The summed E-state index contributed by atoms with van der Waals surface area (Å²) in [5.41, 5.74) is 5.52. The molecule has 0 saturated carbocycles. The number of para-hydroxylation sites is 1. The van der Waals surface area contributed by atoms with Gasteiger partial charge in [-0.3, -0.25) is 9.59 Å². The van der Waals surface area contributed by atoms with Crippen LogP contribution in [-0.4, -0.2) is 41.9 Å². The maximum Gasteiger partial charge on any atom is 0.253 e. The number of anilines is 1. The molecule has 2 amide bonds. The summed E-state index contributed by atoms with van der Waals surface area (Å²) in [5, 5.41) is 4.08. The van der Waals surface area contributed by atoms with Gasteiger partial charge in [0.25, 0.3) is 5.91 Å². The molecule has 0 bridgehead atoms. The van der Waals surface area contributed by atoms with Crippen molar-refractivity contribution in [2.45, 2.75) is 26.7 Å². The minimum atomic E-state index is -0.0706. The van der Waals surface area contributed by atoms with Crippen LogP contribution in [-0.2, 0) is 11.2 Å². The molecule has 1 heterocycles. The fraction of sp³-hybridized carbons (Fsp3) is 0.241. The predicted octanol–water partition coefficient (Wildman–Crippen LogP) is 5.90. The summed E-state index contributed by atoms with van der Waals surface area (Å²) in [5.74, 6) is 0.729. The Bertz CT molecular complexity index is 1300. The zero-order valence-corrected chi connectivity index (χ0v) is 20.4. The standard InChI is InChI=1S/C29H31N3O3/c1-4-32(5-2)29(34)21-10-14-22(15-11-21)30-27(33)19-18-25-24-8-6-7-9-26(24)31-28(25)20-12-16-23(35-3)17-13-20/h6-17,31H,4-5,18-19H2,1-3H3,(H,30,33). The van der Waals surface area contributed by atoms with Gasteiger partial charge < -0.3 is 19.9 Å². The largest absolute Gasteiger partial charge is 0.497 e. The third-order valence-electron chi connectivity index (χ3n) is 6.26.